The van der Waals surface area contributed by atoms with Gasteiger partial charge in [0.25, 0.3) is 5.91 Å². The summed E-state index contributed by atoms with van der Waals surface area (Å²) in [6, 6.07) is 4.55. The maximum Gasteiger partial charge on any atom is 0.252 e. The largest absolute Gasteiger partial charge is 0.368 e. The molecule has 0 bridgehead atoms. The molecule has 1 aromatic rings. The van der Waals surface area contributed by atoms with Gasteiger partial charge in [0.15, 0.2) is 0 Å². The molecular formula is C13H16Br2N2O2. The Hall–Kier alpha value is -0.880. The quantitative estimate of drug-likeness (QED) is 0.809. The molecule has 0 heterocycles. The van der Waals surface area contributed by atoms with Gasteiger partial charge in [-0.25, -0.2) is 0 Å². The van der Waals surface area contributed by atoms with Gasteiger partial charge in [-0.15, -0.1) is 0 Å². The summed E-state index contributed by atoms with van der Waals surface area (Å²) < 4.78 is 1.57. The number of amides is 2. The summed E-state index contributed by atoms with van der Waals surface area (Å²) in [5.41, 5.74) is 5.80. The zero-order valence-corrected chi connectivity index (χ0v) is 13.9. The molecule has 0 fully saturated rings. The second-order valence-electron chi connectivity index (χ2n) is 4.40. The van der Waals surface area contributed by atoms with Gasteiger partial charge in [0.1, 0.15) is 6.04 Å². The molecule has 2 atom stereocenters. The highest BCUT2D eigenvalue weighted by molar-refractivity contribution is 9.11. The molecule has 0 aromatic heterocycles. The van der Waals surface area contributed by atoms with E-state index in [1.807, 2.05) is 19.9 Å². The lowest BCUT2D eigenvalue weighted by Crippen LogP contribution is -2.48. The molecule has 0 radical (unpaired) electrons. The van der Waals surface area contributed by atoms with Gasteiger partial charge in [-0.05, 0) is 24.1 Å². The fourth-order valence-corrected chi connectivity index (χ4v) is 2.93. The average Bonchev–Trinajstić information content (AvgIpc) is 2.33. The number of carbonyl (C=O) groups is 2. The number of hydrogen-bond donors (Lipinski definition) is 2. The smallest absolute Gasteiger partial charge is 0.252 e. The molecule has 3 N–H and O–H groups in total. The highest BCUT2D eigenvalue weighted by Gasteiger charge is 2.24. The van der Waals surface area contributed by atoms with Crippen molar-refractivity contribution in [1.82, 2.24) is 5.32 Å². The third-order valence-corrected chi connectivity index (χ3v) is 3.85. The minimum Gasteiger partial charge on any atom is -0.368 e. The van der Waals surface area contributed by atoms with Crippen molar-refractivity contribution < 1.29 is 9.59 Å². The highest BCUT2D eigenvalue weighted by Crippen LogP contribution is 2.20. The van der Waals surface area contributed by atoms with E-state index in [9.17, 15) is 9.59 Å². The van der Waals surface area contributed by atoms with Crippen LogP contribution < -0.4 is 11.1 Å². The molecule has 2 amide bonds. The van der Waals surface area contributed by atoms with Gasteiger partial charge in [-0.1, -0.05) is 52.1 Å². The van der Waals surface area contributed by atoms with E-state index >= 15 is 0 Å². The second kappa shape index (κ2) is 7.05. The minimum absolute atomic E-state index is 0.00274. The van der Waals surface area contributed by atoms with Crippen molar-refractivity contribution in [2.24, 2.45) is 11.7 Å². The van der Waals surface area contributed by atoms with E-state index in [-0.39, 0.29) is 11.8 Å². The number of benzene rings is 1. The standard InChI is InChI=1S/C13H16Br2N2O2/c1-3-7(2)11(12(16)18)17-13(19)8-4-9(14)6-10(15)5-8/h4-7,11H,3H2,1-2H3,(H2,16,18)(H,17,19)/t7-,11+/m1/s1. The van der Waals surface area contributed by atoms with Crippen molar-refractivity contribution in [2.45, 2.75) is 26.3 Å². The molecule has 0 spiro atoms. The Labute approximate surface area is 129 Å². The lowest BCUT2D eigenvalue weighted by molar-refractivity contribution is -0.120. The Balaban J connectivity index is 2.90. The van der Waals surface area contributed by atoms with Gasteiger partial charge >= 0.3 is 0 Å². The highest BCUT2D eigenvalue weighted by atomic mass is 79.9. The minimum atomic E-state index is -0.657. The van der Waals surface area contributed by atoms with Crippen molar-refractivity contribution in [3.8, 4) is 0 Å². The van der Waals surface area contributed by atoms with Gasteiger partial charge in [-0.3, -0.25) is 9.59 Å². The summed E-state index contributed by atoms with van der Waals surface area (Å²) in [7, 11) is 0. The van der Waals surface area contributed by atoms with Crippen molar-refractivity contribution in [3.05, 3.63) is 32.7 Å². The lowest BCUT2D eigenvalue weighted by Gasteiger charge is -2.21. The Morgan fingerprint density at radius 1 is 1.26 bits per heavy atom. The monoisotopic (exact) mass is 390 g/mol. The SMILES string of the molecule is CC[C@@H](C)[C@H](NC(=O)c1cc(Br)cc(Br)c1)C(N)=O. The van der Waals surface area contributed by atoms with E-state index in [0.29, 0.717) is 5.56 Å². The predicted octanol–water partition coefficient (Wildman–Crippen LogP) is 2.84. The number of nitrogens with two attached hydrogens (primary N) is 1. The van der Waals surface area contributed by atoms with Gasteiger partial charge < -0.3 is 11.1 Å². The first kappa shape index (κ1) is 16.2. The lowest BCUT2D eigenvalue weighted by atomic mass is 9.98. The Morgan fingerprint density at radius 2 is 1.79 bits per heavy atom. The number of halogens is 2. The number of hydrogen-bond acceptors (Lipinski definition) is 2. The Kier molecular flexibility index (Phi) is 6.00. The summed E-state index contributed by atoms with van der Waals surface area (Å²) >= 11 is 6.63. The van der Waals surface area contributed by atoms with Gasteiger partial charge in [0.05, 0.1) is 0 Å². The maximum absolute atomic E-state index is 12.1. The molecule has 19 heavy (non-hydrogen) atoms. The van der Waals surface area contributed by atoms with E-state index < -0.39 is 11.9 Å². The number of primary amides is 1. The molecular weight excluding hydrogens is 376 g/mol. The van der Waals surface area contributed by atoms with E-state index in [1.165, 1.54) is 0 Å². The van der Waals surface area contributed by atoms with Crippen LogP contribution in [0.5, 0.6) is 0 Å². The zero-order chi connectivity index (χ0) is 14.6. The first-order chi connectivity index (χ1) is 8.85. The fourth-order valence-electron chi connectivity index (χ4n) is 1.64. The third-order valence-electron chi connectivity index (χ3n) is 2.93. The Bertz CT molecular complexity index is 471. The van der Waals surface area contributed by atoms with E-state index in [0.717, 1.165) is 15.4 Å². The van der Waals surface area contributed by atoms with Crippen LogP contribution in [0.25, 0.3) is 0 Å². The van der Waals surface area contributed by atoms with Crippen molar-refractivity contribution in [1.29, 1.82) is 0 Å². The fraction of sp³-hybridized carbons (Fsp3) is 0.385. The molecule has 0 aliphatic carbocycles. The summed E-state index contributed by atoms with van der Waals surface area (Å²) in [6.07, 6.45) is 0.760. The summed E-state index contributed by atoms with van der Waals surface area (Å²) in [4.78, 5) is 23.5. The van der Waals surface area contributed by atoms with Crippen LogP contribution >= 0.6 is 31.9 Å². The van der Waals surface area contributed by atoms with Crippen molar-refractivity contribution in [2.75, 3.05) is 0 Å². The van der Waals surface area contributed by atoms with Crippen molar-refractivity contribution in [3.63, 3.8) is 0 Å². The van der Waals surface area contributed by atoms with Crippen LogP contribution in [0.1, 0.15) is 30.6 Å². The van der Waals surface area contributed by atoms with Crippen molar-refractivity contribution >= 4 is 43.7 Å². The van der Waals surface area contributed by atoms with Crippen LogP contribution in [-0.4, -0.2) is 17.9 Å². The number of rotatable bonds is 5. The first-order valence-electron chi connectivity index (χ1n) is 5.91. The molecule has 1 rings (SSSR count). The van der Waals surface area contributed by atoms with Crippen LogP contribution in [0.4, 0.5) is 0 Å². The molecule has 0 saturated heterocycles. The molecule has 0 unspecified atom stereocenters. The average molecular weight is 392 g/mol. The van der Waals surface area contributed by atoms with E-state index in [2.05, 4.69) is 37.2 Å². The summed E-state index contributed by atoms with van der Waals surface area (Å²) in [5, 5.41) is 2.68. The van der Waals surface area contributed by atoms with Crippen LogP contribution in [-0.2, 0) is 4.79 Å². The molecule has 0 aliphatic rings. The van der Waals surface area contributed by atoms with Crippen LogP contribution in [0.2, 0.25) is 0 Å². The van der Waals surface area contributed by atoms with Gasteiger partial charge in [0.2, 0.25) is 5.91 Å². The van der Waals surface area contributed by atoms with Crippen LogP contribution in [0, 0.1) is 5.92 Å². The van der Waals surface area contributed by atoms with E-state index in [4.69, 9.17) is 5.73 Å². The first-order valence-corrected chi connectivity index (χ1v) is 7.50. The van der Waals surface area contributed by atoms with Gasteiger partial charge in [0, 0.05) is 14.5 Å². The predicted molar refractivity (Wildman–Crippen MR) is 81.7 cm³/mol. The molecule has 104 valence electrons. The van der Waals surface area contributed by atoms with Gasteiger partial charge in [-0.2, -0.15) is 0 Å². The summed E-state index contributed by atoms with van der Waals surface area (Å²) in [5.74, 6) is -0.833. The second-order valence-corrected chi connectivity index (χ2v) is 6.23. The normalized spacial score (nSPS) is 13.7. The maximum atomic E-state index is 12.1. The Morgan fingerprint density at radius 3 is 2.21 bits per heavy atom. The topological polar surface area (TPSA) is 72.2 Å². The molecule has 6 heteroatoms. The van der Waals surface area contributed by atoms with Crippen LogP contribution in [0.15, 0.2) is 27.1 Å². The van der Waals surface area contributed by atoms with E-state index in [1.54, 1.807) is 12.1 Å². The van der Waals surface area contributed by atoms with Crippen LogP contribution in [0.3, 0.4) is 0 Å². The third kappa shape index (κ3) is 4.62. The molecule has 4 nitrogen and oxygen atoms in total. The number of nitrogens with one attached hydrogen (secondary N) is 1. The molecule has 1 aromatic carbocycles. The molecule has 0 saturated carbocycles. The molecule has 0 aliphatic heterocycles. The zero-order valence-electron chi connectivity index (χ0n) is 10.7. The summed E-state index contributed by atoms with van der Waals surface area (Å²) in [6.45, 7) is 3.83. The number of carbonyl (C=O) groups excluding carboxylic acids is 2.